The standard InChI is InChI=1S/C28H26N2O2S/c1-32-21-11-9-18(10-12-21)24-20-13-14-28(17-20,23-8-4-16-33-23)25(24)27(31)30-22-7-2-5-19-6-3-15-29-26(19)22/h2-12,15-16,20,24-25H,13-14,17H2,1H3,(H,30,31). The number of nitrogens with one attached hydrogen (secondary N) is 1. The predicted octanol–water partition coefficient (Wildman–Crippen LogP) is 6.40. The Balaban J connectivity index is 1.42. The van der Waals surface area contributed by atoms with Crippen LogP contribution in [0.25, 0.3) is 10.9 Å². The Morgan fingerprint density at radius 2 is 1.94 bits per heavy atom. The predicted molar refractivity (Wildman–Crippen MR) is 133 cm³/mol. The molecule has 2 fully saturated rings. The van der Waals surface area contributed by atoms with Gasteiger partial charge in [0.05, 0.1) is 24.2 Å². The minimum Gasteiger partial charge on any atom is -0.497 e. The number of pyridine rings is 1. The van der Waals surface area contributed by atoms with Gasteiger partial charge in [0.2, 0.25) is 5.91 Å². The number of anilines is 1. The van der Waals surface area contributed by atoms with E-state index in [9.17, 15) is 4.79 Å². The highest BCUT2D eigenvalue weighted by molar-refractivity contribution is 7.10. The molecule has 33 heavy (non-hydrogen) atoms. The number of methoxy groups -OCH3 is 1. The van der Waals surface area contributed by atoms with Crippen molar-refractivity contribution in [3.8, 4) is 5.75 Å². The van der Waals surface area contributed by atoms with Crippen LogP contribution in [0.15, 0.2) is 78.3 Å². The van der Waals surface area contributed by atoms with E-state index in [1.165, 1.54) is 10.4 Å². The van der Waals surface area contributed by atoms with Crippen molar-refractivity contribution in [3.63, 3.8) is 0 Å². The number of para-hydroxylation sites is 1. The summed E-state index contributed by atoms with van der Waals surface area (Å²) >= 11 is 1.79. The van der Waals surface area contributed by atoms with E-state index >= 15 is 0 Å². The molecule has 1 amide bonds. The number of hydrogen-bond acceptors (Lipinski definition) is 4. The quantitative estimate of drug-likeness (QED) is 0.380. The molecule has 0 saturated heterocycles. The maximum atomic E-state index is 14.1. The summed E-state index contributed by atoms with van der Waals surface area (Å²) in [6, 6.07) is 22.6. The highest BCUT2D eigenvalue weighted by Gasteiger charge is 2.61. The van der Waals surface area contributed by atoms with Gasteiger partial charge in [-0.05, 0) is 72.4 Å². The summed E-state index contributed by atoms with van der Waals surface area (Å²) in [5.41, 5.74) is 2.75. The molecule has 2 aliphatic carbocycles. The molecule has 6 rings (SSSR count). The Morgan fingerprint density at radius 1 is 1.09 bits per heavy atom. The number of ether oxygens (including phenoxy) is 1. The molecule has 2 heterocycles. The van der Waals surface area contributed by atoms with E-state index in [1.54, 1.807) is 24.6 Å². The number of amides is 1. The molecule has 1 N–H and O–H groups in total. The molecule has 4 nitrogen and oxygen atoms in total. The number of aromatic nitrogens is 1. The maximum absolute atomic E-state index is 14.1. The normalized spacial score (nSPS) is 25.9. The molecule has 2 aromatic heterocycles. The lowest BCUT2D eigenvalue weighted by Gasteiger charge is -2.38. The second-order valence-electron chi connectivity index (χ2n) is 9.28. The van der Waals surface area contributed by atoms with Gasteiger partial charge in [0.1, 0.15) is 5.75 Å². The molecule has 2 saturated carbocycles. The third-order valence-electron chi connectivity index (χ3n) is 7.74. The van der Waals surface area contributed by atoms with E-state index in [1.807, 2.05) is 42.5 Å². The molecule has 0 radical (unpaired) electrons. The van der Waals surface area contributed by atoms with Crippen molar-refractivity contribution in [2.24, 2.45) is 11.8 Å². The first-order valence-electron chi connectivity index (χ1n) is 11.5. The maximum Gasteiger partial charge on any atom is 0.229 e. The van der Waals surface area contributed by atoms with Crippen molar-refractivity contribution >= 4 is 33.8 Å². The van der Waals surface area contributed by atoms with Gasteiger partial charge in [0.15, 0.2) is 0 Å². The van der Waals surface area contributed by atoms with Crippen molar-refractivity contribution < 1.29 is 9.53 Å². The van der Waals surface area contributed by atoms with Crippen LogP contribution in [0.3, 0.4) is 0 Å². The number of carbonyl (C=O) groups excluding carboxylic acids is 1. The van der Waals surface area contributed by atoms with Gasteiger partial charge < -0.3 is 10.1 Å². The molecular weight excluding hydrogens is 428 g/mol. The molecule has 4 atom stereocenters. The number of thiophene rings is 1. The Hall–Kier alpha value is -3.18. The van der Waals surface area contributed by atoms with Gasteiger partial charge in [-0.15, -0.1) is 11.3 Å². The van der Waals surface area contributed by atoms with E-state index in [0.717, 1.165) is 41.6 Å². The molecule has 5 heteroatoms. The minimum atomic E-state index is -0.123. The summed E-state index contributed by atoms with van der Waals surface area (Å²) in [6.45, 7) is 0. The molecule has 0 aliphatic heterocycles. The number of nitrogens with zero attached hydrogens (tertiary/aromatic N) is 1. The van der Waals surface area contributed by atoms with Crippen molar-refractivity contribution in [1.29, 1.82) is 0 Å². The monoisotopic (exact) mass is 454 g/mol. The molecule has 4 aromatic rings. The molecule has 4 unspecified atom stereocenters. The fraction of sp³-hybridized carbons (Fsp3) is 0.286. The Bertz CT molecular complexity index is 1300. The number of benzene rings is 2. The second-order valence-corrected chi connectivity index (χ2v) is 10.2. The molecule has 2 aliphatic rings. The highest BCUT2D eigenvalue weighted by atomic mass is 32.1. The van der Waals surface area contributed by atoms with Crippen LogP contribution >= 0.6 is 11.3 Å². The average Bonchev–Trinajstić information content (AvgIpc) is 3.60. The largest absolute Gasteiger partial charge is 0.497 e. The average molecular weight is 455 g/mol. The van der Waals surface area contributed by atoms with Gasteiger partial charge in [-0.3, -0.25) is 9.78 Å². The number of fused-ring (bicyclic) bond motifs is 3. The van der Waals surface area contributed by atoms with E-state index in [2.05, 4.69) is 39.9 Å². The van der Waals surface area contributed by atoms with Crippen molar-refractivity contribution in [2.45, 2.75) is 30.6 Å². The van der Waals surface area contributed by atoms with E-state index < -0.39 is 0 Å². The van der Waals surface area contributed by atoms with Crippen LogP contribution in [0, 0.1) is 11.8 Å². The summed E-state index contributed by atoms with van der Waals surface area (Å²) in [6.07, 6.45) is 5.07. The van der Waals surface area contributed by atoms with Gasteiger partial charge >= 0.3 is 0 Å². The van der Waals surface area contributed by atoms with Crippen LogP contribution < -0.4 is 10.1 Å². The first kappa shape index (κ1) is 20.4. The van der Waals surface area contributed by atoms with E-state index in [4.69, 9.17) is 4.74 Å². The summed E-state index contributed by atoms with van der Waals surface area (Å²) in [7, 11) is 1.69. The second kappa shape index (κ2) is 7.99. The first-order valence-corrected chi connectivity index (χ1v) is 12.4. The lowest BCUT2D eigenvalue weighted by molar-refractivity contribution is -0.122. The number of rotatable bonds is 5. The van der Waals surface area contributed by atoms with E-state index in [0.29, 0.717) is 5.92 Å². The third-order valence-corrected chi connectivity index (χ3v) is 8.83. The first-order chi connectivity index (χ1) is 16.2. The molecule has 2 bridgehead atoms. The van der Waals surface area contributed by atoms with Crippen LogP contribution in [0.4, 0.5) is 5.69 Å². The lowest BCUT2D eigenvalue weighted by atomic mass is 9.67. The van der Waals surface area contributed by atoms with Gasteiger partial charge in [0, 0.05) is 21.9 Å². The molecule has 0 spiro atoms. The van der Waals surface area contributed by atoms with Crippen LogP contribution in [0.1, 0.15) is 35.6 Å². The summed E-state index contributed by atoms with van der Waals surface area (Å²) in [5.74, 6) is 1.51. The summed E-state index contributed by atoms with van der Waals surface area (Å²) < 4.78 is 5.38. The zero-order valence-corrected chi connectivity index (χ0v) is 19.3. The fourth-order valence-corrected chi connectivity index (χ4v) is 7.39. The summed E-state index contributed by atoms with van der Waals surface area (Å²) in [5, 5.41) is 6.47. The Morgan fingerprint density at radius 3 is 2.73 bits per heavy atom. The van der Waals surface area contributed by atoms with Crippen LogP contribution in [0.2, 0.25) is 0 Å². The van der Waals surface area contributed by atoms with Crippen LogP contribution in [-0.4, -0.2) is 18.0 Å². The van der Waals surface area contributed by atoms with Gasteiger partial charge in [0.25, 0.3) is 0 Å². The molecule has 2 aromatic carbocycles. The topological polar surface area (TPSA) is 51.2 Å². The van der Waals surface area contributed by atoms with Crippen molar-refractivity contribution in [1.82, 2.24) is 4.98 Å². The van der Waals surface area contributed by atoms with Crippen molar-refractivity contribution in [2.75, 3.05) is 12.4 Å². The van der Waals surface area contributed by atoms with Gasteiger partial charge in [-0.25, -0.2) is 0 Å². The SMILES string of the molecule is COc1ccc(C2C3CCC(c4cccs4)(C3)C2C(=O)Nc2cccc3cccnc23)cc1. The molecular formula is C28H26N2O2S. The van der Waals surface area contributed by atoms with Gasteiger partial charge in [-0.1, -0.05) is 36.4 Å². The number of carbonyl (C=O) groups is 1. The van der Waals surface area contributed by atoms with Crippen molar-refractivity contribution in [3.05, 3.63) is 88.7 Å². The highest BCUT2D eigenvalue weighted by Crippen LogP contribution is 2.65. The Kier molecular flexibility index (Phi) is 4.95. The third kappa shape index (κ3) is 3.25. The number of hydrogen-bond donors (Lipinski definition) is 1. The van der Waals surface area contributed by atoms with Crippen LogP contribution in [-0.2, 0) is 10.2 Å². The minimum absolute atomic E-state index is 0.101. The van der Waals surface area contributed by atoms with Crippen LogP contribution in [0.5, 0.6) is 5.75 Å². The zero-order chi connectivity index (χ0) is 22.4. The zero-order valence-electron chi connectivity index (χ0n) is 18.5. The molecule has 166 valence electrons. The fourth-order valence-electron chi connectivity index (χ4n) is 6.38. The smallest absolute Gasteiger partial charge is 0.229 e. The lowest BCUT2D eigenvalue weighted by Crippen LogP contribution is -2.41. The van der Waals surface area contributed by atoms with Gasteiger partial charge in [-0.2, -0.15) is 0 Å². The summed E-state index contributed by atoms with van der Waals surface area (Å²) in [4.78, 5) is 20.0. The Labute approximate surface area is 197 Å². The van der Waals surface area contributed by atoms with E-state index in [-0.39, 0.29) is 23.2 Å².